The molecule has 1 N–H and O–H groups in total. The fourth-order valence-corrected chi connectivity index (χ4v) is 4.18. The van der Waals surface area contributed by atoms with Gasteiger partial charge in [0.1, 0.15) is 5.82 Å². The zero-order valence-electron chi connectivity index (χ0n) is 16.8. The van der Waals surface area contributed by atoms with Crippen molar-refractivity contribution in [3.8, 4) is 11.5 Å². The molecule has 1 amide bonds. The second kappa shape index (κ2) is 9.71. The van der Waals surface area contributed by atoms with Crippen LogP contribution in [0.4, 0.5) is 4.39 Å². The highest BCUT2D eigenvalue weighted by Crippen LogP contribution is 2.29. The predicted octanol–water partition coefficient (Wildman–Crippen LogP) is 2.73. The van der Waals surface area contributed by atoms with Crippen molar-refractivity contribution in [3.05, 3.63) is 53.8 Å². The third-order valence-electron chi connectivity index (χ3n) is 4.41. The molecule has 0 radical (unpaired) electrons. The number of methoxy groups -OCH3 is 2. The van der Waals surface area contributed by atoms with Gasteiger partial charge in [0.15, 0.2) is 11.5 Å². The molecule has 0 fully saturated rings. The Morgan fingerprint density at radius 1 is 1.10 bits per heavy atom. The van der Waals surface area contributed by atoms with Crippen molar-refractivity contribution in [1.82, 2.24) is 9.62 Å². The maximum atomic E-state index is 13.1. The first-order valence-corrected chi connectivity index (χ1v) is 10.4. The van der Waals surface area contributed by atoms with Crippen LogP contribution in [0.5, 0.6) is 11.5 Å². The number of amides is 1. The largest absolute Gasteiger partial charge is 0.493 e. The molecule has 0 saturated carbocycles. The summed E-state index contributed by atoms with van der Waals surface area (Å²) in [6.07, 6.45) is 0. The topological polar surface area (TPSA) is 84.9 Å². The summed E-state index contributed by atoms with van der Waals surface area (Å²) in [5.41, 5.74) is 0.778. The number of benzene rings is 2. The van der Waals surface area contributed by atoms with Crippen LogP contribution >= 0.6 is 0 Å². The Kier molecular flexibility index (Phi) is 7.58. The van der Waals surface area contributed by atoms with E-state index >= 15 is 0 Å². The number of carbonyl (C=O) groups is 1. The van der Waals surface area contributed by atoms with Crippen LogP contribution in [0.15, 0.2) is 47.4 Å². The Morgan fingerprint density at radius 3 is 2.28 bits per heavy atom. The summed E-state index contributed by atoms with van der Waals surface area (Å²) in [5, 5.41) is 2.78. The van der Waals surface area contributed by atoms with Gasteiger partial charge in [0.2, 0.25) is 15.9 Å². The molecule has 0 aliphatic heterocycles. The fourth-order valence-electron chi connectivity index (χ4n) is 2.78. The van der Waals surface area contributed by atoms with E-state index in [1.807, 2.05) is 0 Å². The number of nitrogens with zero attached hydrogens (tertiary/aromatic N) is 1. The number of ether oxygens (including phenoxy) is 2. The van der Waals surface area contributed by atoms with Crippen LogP contribution in [0.2, 0.25) is 0 Å². The number of carbonyl (C=O) groups excluding carboxylic acids is 1. The maximum Gasteiger partial charge on any atom is 0.243 e. The van der Waals surface area contributed by atoms with Gasteiger partial charge in [0, 0.05) is 6.54 Å². The van der Waals surface area contributed by atoms with Gasteiger partial charge in [-0.25, -0.2) is 12.8 Å². The van der Waals surface area contributed by atoms with E-state index in [1.165, 1.54) is 26.4 Å². The molecule has 0 aliphatic carbocycles. The minimum Gasteiger partial charge on any atom is -0.493 e. The average molecular weight is 424 g/mol. The Labute approximate surface area is 170 Å². The second-order valence-electron chi connectivity index (χ2n) is 6.29. The maximum absolute atomic E-state index is 13.1. The van der Waals surface area contributed by atoms with Crippen molar-refractivity contribution < 1.29 is 27.1 Å². The van der Waals surface area contributed by atoms with E-state index in [1.54, 1.807) is 32.0 Å². The molecule has 1 atom stereocenters. The lowest BCUT2D eigenvalue weighted by atomic mass is 10.1. The smallest absolute Gasteiger partial charge is 0.243 e. The predicted molar refractivity (Wildman–Crippen MR) is 107 cm³/mol. The number of sulfonamides is 1. The van der Waals surface area contributed by atoms with Gasteiger partial charge < -0.3 is 14.8 Å². The molecule has 2 rings (SSSR count). The van der Waals surface area contributed by atoms with Crippen LogP contribution in [0, 0.1) is 5.82 Å². The van der Waals surface area contributed by atoms with Gasteiger partial charge >= 0.3 is 0 Å². The van der Waals surface area contributed by atoms with Crippen molar-refractivity contribution in [2.45, 2.75) is 24.8 Å². The molecule has 0 heterocycles. The van der Waals surface area contributed by atoms with Crippen LogP contribution in [-0.2, 0) is 14.8 Å². The van der Waals surface area contributed by atoms with Crippen LogP contribution < -0.4 is 14.8 Å². The van der Waals surface area contributed by atoms with Gasteiger partial charge in [0.05, 0.1) is 31.7 Å². The highest BCUT2D eigenvalue weighted by atomic mass is 32.2. The Morgan fingerprint density at radius 2 is 1.72 bits per heavy atom. The lowest BCUT2D eigenvalue weighted by molar-refractivity contribution is -0.121. The summed E-state index contributed by atoms with van der Waals surface area (Å²) >= 11 is 0. The number of nitrogens with one attached hydrogen (secondary N) is 1. The first kappa shape index (κ1) is 22.6. The summed E-state index contributed by atoms with van der Waals surface area (Å²) < 4.78 is 50.0. The molecule has 0 aliphatic rings. The highest BCUT2D eigenvalue weighted by Gasteiger charge is 2.26. The molecule has 0 spiro atoms. The molecule has 29 heavy (non-hydrogen) atoms. The second-order valence-corrected chi connectivity index (χ2v) is 8.23. The van der Waals surface area contributed by atoms with Crippen molar-refractivity contribution in [1.29, 1.82) is 0 Å². The summed E-state index contributed by atoms with van der Waals surface area (Å²) in [7, 11) is -0.864. The molecule has 2 aromatic carbocycles. The molecule has 0 bridgehead atoms. The van der Waals surface area contributed by atoms with Crippen LogP contribution in [0.25, 0.3) is 0 Å². The van der Waals surface area contributed by atoms with Gasteiger partial charge in [0.25, 0.3) is 0 Å². The molecule has 0 aromatic heterocycles. The average Bonchev–Trinajstić information content (AvgIpc) is 2.71. The normalized spacial score (nSPS) is 12.5. The minimum atomic E-state index is -3.91. The van der Waals surface area contributed by atoms with E-state index < -0.39 is 21.7 Å². The number of rotatable bonds is 9. The molecule has 7 nitrogen and oxygen atoms in total. The summed E-state index contributed by atoms with van der Waals surface area (Å²) in [6, 6.07) is 9.38. The fraction of sp³-hybridized carbons (Fsp3) is 0.350. The van der Waals surface area contributed by atoms with Crippen LogP contribution in [-0.4, -0.2) is 45.9 Å². The van der Waals surface area contributed by atoms with E-state index in [-0.39, 0.29) is 24.0 Å². The highest BCUT2D eigenvalue weighted by molar-refractivity contribution is 7.89. The third kappa shape index (κ3) is 5.45. The molecular weight excluding hydrogens is 399 g/mol. The zero-order valence-corrected chi connectivity index (χ0v) is 17.6. The number of likely N-dealkylation sites (N-methyl/N-ethyl adjacent to an activating group) is 1. The van der Waals surface area contributed by atoms with Crippen molar-refractivity contribution in [2.24, 2.45) is 0 Å². The Bertz CT molecular complexity index is 948. The van der Waals surface area contributed by atoms with Crippen LogP contribution in [0.1, 0.15) is 25.5 Å². The van der Waals surface area contributed by atoms with Gasteiger partial charge in [-0.1, -0.05) is 13.0 Å². The van der Waals surface area contributed by atoms with Gasteiger partial charge in [-0.2, -0.15) is 4.31 Å². The standard InChI is InChI=1S/C20H25FN2O5S/c1-5-23(29(25,26)17-9-7-16(21)8-10-17)13-20(24)22-14(2)15-6-11-18(27-3)19(12-15)28-4/h6-12,14H,5,13H2,1-4H3,(H,22,24)/t14-/m0/s1. The van der Waals surface area contributed by atoms with Crippen molar-refractivity contribution >= 4 is 15.9 Å². The Hall–Kier alpha value is -2.65. The summed E-state index contributed by atoms with van der Waals surface area (Å²) in [6.45, 7) is 3.15. The molecule has 158 valence electrons. The number of halogens is 1. The molecule has 0 saturated heterocycles. The van der Waals surface area contributed by atoms with Gasteiger partial charge in [-0.15, -0.1) is 0 Å². The number of hydrogen-bond acceptors (Lipinski definition) is 5. The molecule has 0 unspecified atom stereocenters. The minimum absolute atomic E-state index is 0.0681. The van der Waals surface area contributed by atoms with Gasteiger partial charge in [-0.05, 0) is 48.9 Å². The molecular formula is C20H25FN2O5S. The lowest BCUT2D eigenvalue weighted by Gasteiger charge is -2.22. The van der Waals surface area contributed by atoms with Crippen molar-refractivity contribution in [2.75, 3.05) is 27.3 Å². The first-order chi connectivity index (χ1) is 13.7. The van der Waals surface area contributed by atoms with E-state index in [9.17, 15) is 17.6 Å². The van der Waals surface area contributed by atoms with E-state index in [4.69, 9.17) is 9.47 Å². The third-order valence-corrected chi connectivity index (χ3v) is 6.34. The summed E-state index contributed by atoms with van der Waals surface area (Å²) in [4.78, 5) is 12.4. The quantitative estimate of drug-likeness (QED) is 0.669. The van der Waals surface area contributed by atoms with E-state index in [2.05, 4.69) is 5.32 Å². The Balaban J connectivity index is 2.10. The lowest BCUT2D eigenvalue weighted by Crippen LogP contribution is -2.41. The monoisotopic (exact) mass is 424 g/mol. The summed E-state index contributed by atoms with van der Waals surface area (Å²) in [5.74, 6) is 0.103. The van der Waals surface area contributed by atoms with Crippen molar-refractivity contribution in [3.63, 3.8) is 0 Å². The van der Waals surface area contributed by atoms with Gasteiger partial charge in [-0.3, -0.25) is 4.79 Å². The van der Waals surface area contributed by atoms with Crippen LogP contribution in [0.3, 0.4) is 0 Å². The SMILES string of the molecule is CCN(CC(=O)N[C@@H](C)c1ccc(OC)c(OC)c1)S(=O)(=O)c1ccc(F)cc1. The van der Waals surface area contributed by atoms with E-state index in [0.717, 1.165) is 22.0 Å². The first-order valence-electron chi connectivity index (χ1n) is 9.00. The number of hydrogen-bond donors (Lipinski definition) is 1. The molecule has 2 aromatic rings. The molecule has 9 heteroatoms. The zero-order chi connectivity index (χ0) is 21.6. The van der Waals surface area contributed by atoms with E-state index in [0.29, 0.717) is 11.5 Å².